The van der Waals surface area contributed by atoms with Crippen molar-refractivity contribution >= 4 is 24.0 Å². The largest absolute Gasteiger partial charge is 0.326 e. The number of amides is 1. The van der Waals surface area contributed by atoms with Crippen LogP contribution in [-0.4, -0.2) is 5.91 Å². The first-order chi connectivity index (χ1) is 6.29. The highest BCUT2D eigenvalue weighted by atomic mass is 35.5. The number of halogens is 1. The van der Waals surface area contributed by atoms with Gasteiger partial charge < -0.3 is 11.1 Å². The second kappa shape index (κ2) is 4.44. The topological polar surface area (TPSA) is 55.1 Å². The van der Waals surface area contributed by atoms with Crippen LogP contribution in [-0.2, 0) is 17.8 Å². The maximum absolute atomic E-state index is 11.1. The van der Waals surface area contributed by atoms with Crippen LogP contribution in [0, 0.1) is 0 Å². The Bertz CT molecular complexity index is 352. The van der Waals surface area contributed by atoms with E-state index >= 15 is 0 Å². The molecule has 1 amide bonds. The molecule has 0 atom stereocenters. The molecule has 1 aliphatic rings. The molecule has 14 heavy (non-hydrogen) atoms. The van der Waals surface area contributed by atoms with Crippen molar-refractivity contribution in [2.45, 2.75) is 19.4 Å². The molecule has 1 aromatic carbocycles. The van der Waals surface area contributed by atoms with Crippen molar-refractivity contribution < 1.29 is 4.79 Å². The number of hydrogen-bond acceptors (Lipinski definition) is 2. The second-order valence-electron chi connectivity index (χ2n) is 3.24. The summed E-state index contributed by atoms with van der Waals surface area (Å²) in [5, 5.41) is 2.84. The van der Waals surface area contributed by atoms with Crippen molar-refractivity contribution in [1.82, 2.24) is 0 Å². The molecule has 4 heteroatoms. The monoisotopic (exact) mass is 212 g/mol. The molecule has 0 bridgehead atoms. The van der Waals surface area contributed by atoms with E-state index in [1.54, 1.807) is 0 Å². The third-order valence-corrected chi connectivity index (χ3v) is 2.31. The molecule has 0 aromatic heterocycles. The van der Waals surface area contributed by atoms with Gasteiger partial charge in [0.05, 0.1) is 0 Å². The van der Waals surface area contributed by atoms with Gasteiger partial charge in [-0.1, -0.05) is 12.1 Å². The van der Waals surface area contributed by atoms with Crippen LogP contribution in [0.2, 0.25) is 0 Å². The molecule has 0 radical (unpaired) electrons. The highest BCUT2D eigenvalue weighted by Gasteiger charge is 2.13. The number of fused-ring (bicyclic) bond motifs is 1. The molecular formula is C10H13ClN2O. The fourth-order valence-corrected chi connectivity index (χ4v) is 1.55. The molecule has 0 saturated carbocycles. The molecular weight excluding hydrogens is 200 g/mol. The average molecular weight is 213 g/mol. The van der Waals surface area contributed by atoms with Crippen molar-refractivity contribution in [1.29, 1.82) is 0 Å². The molecule has 0 fully saturated rings. The second-order valence-corrected chi connectivity index (χ2v) is 3.24. The molecule has 0 unspecified atom stereocenters. The van der Waals surface area contributed by atoms with E-state index in [-0.39, 0.29) is 18.3 Å². The van der Waals surface area contributed by atoms with Crippen molar-refractivity contribution in [3.8, 4) is 0 Å². The number of rotatable bonds is 1. The molecule has 0 aliphatic carbocycles. The summed E-state index contributed by atoms with van der Waals surface area (Å²) in [4.78, 5) is 11.1. The van der Waals surface area contributed by atoms with E-state index in [9.17, 15) is 4.79 Å². The van der Waals surface area contributed by atoms with Crippen LogP contribution >= 0.6 is 12.4 Å². The lowest BCUT2D eigenvalue weighted by Gasteiger charge is -2.17. The van der Waals surface area contributed by atoms with E-state index in [0.717, 1.165) is 17.7 Å². The minimum atomic E-state index is 0. The van der Waals surface area contributed by atoms with E-state index in [1.807, 2.05) is 18.2 Å². The summed E-state index contributed by atoms with van der Waals surface area (Å²) in [7, 11) is 0. The number of nitrogens with two attached hydrogens (primary N) is 1. The Kier molecular flexibility index (Phi) is 3.49. The van der Waals surface area contributed by atoms with Gasteiger partial charge in [0.15, 0.2) is 0 Å². The molecule has 76 valence electrons. The fraction of sp³-hybridized carbons (Fsp3) is 0.300. The first kappa shape index (κ1) is 11.0. The average Bonchev–Trinajstić information content (AvgIpc) is 2.16. The van der Waals surface area contributed by atoms with E-state index in [4.69, 9.17) is 5.73 Å². The minimum Gasteiger partial charge on any atom is -0.326 e. The third kappa shape index (κ3) is 2.05. The van der Waals surface area contributed by atoms with Gasteiger partial charge in [-0.05, 0) is 23.6 Å². The summed E-state index contributed by atoms with van der Waals surface area (Å²) in [5.41, 5.74) is 8.70. The molecule has 3 N–H and O–H groups in total. The standard InChI is InChI=1S/C10H12N2O.ClH/c11-6-7-1-2-8-3-4-10(13)12-9(8)5-7;/h1-2,5H,3-4,6,11H2,(H,12,13);1H. The summed E-state index contributed by atoms with van der Waals surface area (Å²) in [6, 6.07) is 6.00. The number of aryl methyl sites for hydroxylation is 1. The maximum Gasteiger partial charge on any atom is 0.224 e. The van der Waals surface area contributed by atoms with Crippen LogP contribution < -0.4 is 11.1 Å². The van der Waals surface area contributed by atoms with Crippen LogP contribution in [0.3, 0.4) is 0 Å². The zero-order valence-corrected chi connectivity index (χ0v) is 8.56. The lowest BCUT2D eigenvalue weighted by molar-refractivity contribution is -0.116. The molecule has 3 nitrogen and oxygen atoms in total. The van der Waals surface area contributed by atoms with Gasteiger partial charge >= 0.3 is 0 Å². The minimum absolute atomic E-state index is 0. The van der Waals surface area contributed by atoms with E-state index in [1.165, 1.54) is 5.56 Å². The lowest BCUT2D eigenvalue weighted by Crippen LogP contribution is -2.19. The first-order valence-corrected chi connectivity index (χ1v) is 4.41. The van der Waals surface area contributed by atoms with Gasteiger partial charge in [-0.15, -0.1) is 12.4 Å². The number of hydrogen-bond donors (Lipinski definition) is 2. The van der Waals surface area contributed by atoms with Crippen LogP contribution in [0.25, 0.3) is 0 Å². The predicted molar refractivity (Wildman–Crippen MR) is 58.5 cm³/mol. The Morgan fingerprint density at radius 2 is 2.14 bits per heavy atom. The van der Waals surface area contributed by atoms with Crippen LogP contribution in [0.5, 0.6) is 0 Å². The van der Waals surface area contributed by atoms with Crippen LogP contribution in [0.15, 0.2) is 18.2 Å². The van der Waals surface area contributed by atoms with Gasteiger partial charge in [0.1, 0.15) is 0 Å². The quantitative estimate of drug-likeness (QED) is 0.741. The van der Waals surface area contributed by atoms with Crippen molar-refractivity contribution in [3.05, 3.63) is 29.3 Å². The molecule has 2 rings (SSSR count). The Balaban J connectivity index is 0.000000980. The van der Waals surface area contributed by atoms with Crippen molar-refractivity contribution in [3.63, 3.8) is 0 Å². The van der Waals surface area contributed by atoms with Gasteiger partial charge in [0.2, 0.25) is 5.91 Å². The number of benzene rings is 1. The molecule has 1 aliphatic heterocycles. The molecule has 1 aromatic rings. The van der Waals surface area contributed by atoms with E-state index < -0.39 is 0 Å². The highest BCUT2D eigenvalue weighted by molar-refractivity contribution is 5.93. The first-order valence-electron chi connectivity index (χ1n) is 4.41. The third-order valence-electron chi connectivity index (χ3n) is 2.31. The lowest BCUT2D eigenvalue weighted by atomic mass is 10.0. The number of anilines is 1. The summed E-state index contributed by atoms with van der Waals surface area (Å²) in [5.74, 6) is 0.0988. The zero-order valence-electron chi connectivity index (χ0n) is 7.75. The van der Waals surface area contributed by atoms with E-state index in [0.29, 0.717) is 13.0 Å². The summed E-state index contributed by atoms with van der Waals surface area (Å²) in [6.45, 7) is 0.517. The summed E-state index contributed by atoms with van der Waals surface area (Å²) >= 11 is 0. The van der Waals surface area contributed by atoms with Gasteiger partial charge in [0.25, 0.3) is 0 Å². The van der Waals surface area contributed by atoms with Gasteiger partial charge in [-0.25, -0.2) is 0 Å². The fourth-order valence-electron chi connectivity index (χ4n) is 1.55. The van der Waals surface area contributed by atoms with Gasteiger partial charge in [-0.3, -0.25) is 4.79 Å². The molecule has 0 saturated heterocycles. The smallest absolute Gasteiger partial charge is 0.224 e. The zero-order chi connectivity index (χ0) is 9.26. The maximum atomic E-state index is 11.1. The Hall–Kier alpha value is -1.06. The summed E-state index contributed by atoms with van der Waals surface area (Å²) < 4.78 is 0. The molecule has 0 spiro atoms. The van der Waals surface area contributed by atoms with Gasteiger partial charge in [0, 0.05) is 18.7 Å². The predicted octanol–water partition coefficient (Wildman–Crippen LogP) is 1.45. The Morgan fingerprint density at radius 3 is 2.86 bits per heavy atom. The van der Waals surface area contributed by atoms with Crippen molar-refractivity contribution in [2.75, 3.05) is 5.32 Å². The highest BCUT2D eigenvalue weighted by Crippen LogP contribution is 2.23. The number of carbonyl (C=O) groups excluding carboxylic acids is 1. The van der Waals surface area contributed by atoms with Crippen molar-refractivity contribution in [2.24, 2.45) is 5.73 Å². The number of nitrogens with one attached hydrogen (secondary N) is 1. The van der Waals surface area contributed by atoms with Crippen LogP contribution in [0.4, 0.5) is 5.69 Å². The SMILES string of the molecule is Cl.NCc1ccc2c(c1)NC(=O)CC2. The Morgan fingerprint density at radius 1 is 1.36 bits per heavy atom. The summed E-state index contributed by atoms with van der Waals surface area (Å²) in [6.07, 6.45) is 1.43. The number of carbonyl (C=O) groups is 1. The van der Waals surface area contributed by atoms with Crippen LogP contribution in [0.1, 0.15) is 17.5 Å². The van der Waals surface area contributed by atoms with Gasteiger partial charge in [-0.2, -0.15) is 0 Å². The normalized spacial score (nSPS) is 13.9. The van der Waals surface area contributed by atoms with E-state index in [2.05, 4.69) is 5.32 Å². The Labute approximate surface area is 89.1 Å². The molecule has 1 heterocycles.